The van der Waals surface area contributed by atoms with Crippen LogP contribution < -0.4 is 10.5 Å². The van der Waals surface area contributed by atoms with E-state index in [0.717, 1.165) is 30.9 Å². The molecule has 0 radical (unpaired) electrons. The van der Waals surface area contributed by atoms with E-state index in [2.05, 4.69) is 30.3 Å². The van der Waals surface area contributed by atoms with Gasteiger partial charge in [-0.25, -0.2) is 0 Å². The van der Waals surface area contributed by atoms with Crippen LogP contribution in [0, 0.1) is 0 Å². The molecule has 0 saturated heterocycles. The maximum absolute atomic E-state index is 5.85. The molecular weight excluding hydrogens is 246 g/mol. The Kier molecular flexibility index (Phi) is 3.91. The van der Waals surface area contributed by atoms with Crippen LogP contribution in [0.3, 0.4) is 0 Å². The van der Waals surface area contributed by atoms with E-state index in [9.17, 15) is 0 Å². The van der Waals surface area contributed by atoms with Gasteiger partial charge in [-0.05, 0) is 73.1 Å². The van der Waals surface area contributed by atoms with Gasteiger partial charge in [-0.2, -0.15) is 0 Å². The zero-order valence-corrected chi connectivity index (χ0v) is 11.8. The molecule has 0 spiro atoms. The predicted octanol–water partition coefficient (Wildman–Crippen LogP) is 3.77. The highest BCUT2D eigenvalue weighted by molar-refractivity contribution is 5.39. The van der Waals surface area contributed by atoms with Crippen LogP contribution in [0.1, 0.15) is 29.5 Å². The average Bonchev–Trinajstić information content (AvgIpc) is 2.93. The number of benzene rings is 2. The van der Waals surface area contributed by atoms with E-state index in [4.69, 9.17) is 10.5 Å². The molecule has 0 amide bonds. The highest BCUT2D eigenvalue weighted by atomic mass is 16.5. The van der Waals surface area contributed by atoms with Gasteiger partial charge >= 0.3 is 0 Å². The molecule has 1 aliphatic carbocycles. The minimum absolute atomic E-state index is 0.767. The molecule has 0 aromatic heterocycles. The maximum atomic E-state index is 5.85. The number of ether oxygens (including phenoxy) is 1. The molecular formula is C18H21NO. The lowest BCUT2D eigenvalue weighted by atomic mass is 10.1. The third-order valence-electron chi connectivity index (χ3n) is 3.93. The second-order valence-corrected chi connectivity index (χ2v) is 5.48. The van der Waals surface area contributed by atoms with E-state index in [1.807, 2.05) is 12.1 Å². The SMILES string of the molecule is Nc1ccc(CCCOc2ccc3c(c2)CCC3)cc1. The van der Waals surface area contributed by atoms with Crippen LogP contribution in [0.15, 0.2) is 42.5 Å². The van der Waals surface area contributed by atoms with Gasteiger partial charge in [0.05, 0.1) is 6.61 Å². The van der Waals surface area contributed by atoms with Crippen molar-refractivity contribution in [2.75, 3.05) is 12.3 Å². The summed E-state index contributed by atoms with van der Waals surface area (Å²) in [5.74, 6) is 1.02. The first kappa shape index (κ1) is 13.0. The Bertz CT molecular complexity index is 574. The summed E-state index contributed by atoms with van der Waals surface area (Å²) in [5.41, 5.74) is 10.8. The van der Waals surface area contributed by atoms with Crippen LogP contribution >= 0.6 is 0 Å². The molecule has 2 N–H and O–H groups in total. The van der Waals surface area contributed by atoms with Crippen LogP contribution in [0.2, 0.25) is 0 Å². The molecule has 0 heterocycles. The minimum Gasteiger partial charge on any atom is -0.494 e. The first-order chi connectivity index (χ1) is 9.81. The first-order valence-corrected chi connectivity index (χ1v) is 7.40. The van der Waals surface area contributed by atoms with Gasteiger partial charge in [-0.1, -0.05) is 18.2 Å². The lowest BCUT2D eigenvalue weighted by Crippen LogP contribution is -2.00. The van der Waals surface area contributed by atoms with Crippen LogP contribution in [0.4, 0.5) is 5.69 Å². The number of hydrogen-bond donors (Lipinski definition) is 1. The lowest BCUT2D eigenvalue weighted by Gasteiger charge is -2.08. The summed E-state index contributed by atoms with van der Waals surface area (Å²) in [6.45, 7) is 0.767. The zero-order chi connectivity index (χ0) is 13.8. The van der Waals surface area contributed by atoms with E-state index >= 15 is 0 Å². The molecule has 0 fully saturated rings. The molecule has 2 nitrogen and oxygen atoms in total. The third-order valence-corrected chi connectivity index (χ3v) is 3.93. The maximum Gasteiger partial charge on any atom is 0.119 e. The van der Waals surface area contributed by atoms with Gasteiger partial charge in [0.25, 0.3) is 0 Å². The monoisotopic (exact) mass is 267 g/mol. The van der Waals surface area contributed by atoms with E-state index in [0.29, 0.717) is 0 Å². The summed E-state index contributed by atoms with van der Waals surface area (Å²) in [4.78, 5) is 0. The van der Waals surface area contributed by atoms with Gasteiger partial charge in [0, 0.05) is 5.69 Å². The van der Waals surface area contributed by atoms with Crippen molar-refractivity contribution in [1.29, 1.82) is 0 Å². The van der Waals surface area contributed by atoms with Gasteiger partial charge in [-0.15, -0.1) is 0 Å². The minimum atomic E-state index is 0.767. The second kappa shape index (κ2) is 6.00. The average molecular weight is 267 g/mol. The quantitative estimate of drug-likeness (QED) is 0.661. The number of nitrogens with two attached hydrogens (primary N) is 1. The number of aryl methyl sites for hydroxylation is 3. The van der Waals surface area contributed by atoms with Crippen molar-refractivity contribution in [3.8, 4) is 5.75 Å². The summed E-state index contributed by atoms with van der Waals surface area (Å²) in [7, 11) is 0. The Morgan fingerprint density at radius 1 is 0.950 bits per heavy atom. The molecule has 0 unspecified atom stereocenters. The Morgan fingerprint density at radius 3 is 2.60 bits per heavy atom. The van der Waals surface area contributed by atoms with Crippen molar-refractivity contribution >= 4 is 5.69 Å². The first-order valence-electron chi connectivity index (χ1n) is 7.40. The lowest BCUT2D eigenvalue weighted by molar-refractivity contribution is 0.311. The Labute approximate surface area is 120 Å². The Hall–Kier alpha value is -1.96. The van der Waals surface area contributed by atoms with E-state index in [1.54, 1.807) is 0 Å². The zero-order valence-electron chi connectivity index (χ0n) is 11.8. The Balaban J connectivity index is 1.47. The normalized spacial score (nSPS) is 13.2. The predicted molar refractivity (Wildman–Crippen MR) is 83.1 cm³/mol. The van der Waals surface area contributed by atoms with Crippen molar-refractivity contribution in [2.45, 2.75) is 32.1 Å². The molecule has 2 aromatic carbocycles. The fourth-order valence-corrected chi connectivity index (χ4v) is 2.79. The number of fused-ring (bicyclic) bond motifs is 1. The fourth-order valence-electron chi connectivity index (χ4n) is 2.79. The van der Waals surface area contributed by atoms with Crippen molar-refractivity contribution in [3.05, 3.63) is 59.2 Å². The largest absolute Gasteiger partial charge is 0.494 e. The molecule has 104 valence electrons. The molecule has 0 saturated carbocycles. The molecule has 2 heteroatoms. The molecule has 0 aliphatic heterocycles. The van der Waals surface area contributed by atoms with E-state index in [-0.39, 0.29) is 0 Å². The fraction of sp³-hybridized carbons (Fsp3) is 0.333. The number of rotatable bonds is 5. The smallest absolute Gasteiger partial charge is 0.119 e. The van der Waals surface area contributed by atoms with Crippen LogP contribution in [-0.4, -0.2) is 6.61 Å². The van der Waals surface area contributed by atoms with Crippen LogP contribution in [0.5, 0.6) is 5.75 Å². The van der Waals surface area contributed by atoms with E-state index in [1.165, 1.54) is 36.0 Å². The summed E-state index contributed by atoms with van der Waals surface area (Å²) < 4.78 is 5.85. The Morgan fingerprint density at radius 2 is 1.75 bits per heavy atom. The summed E-state index contributed by atoms with van der Waals surface area (Å²) in [5, 5.41) is 0. The number of nitrogen functional groups attached to an aromatic ring is 1. The topological polar surface area (TPSA) is 35.2 Å². The number of anilines is 1. The second-order valence-electron chi connectivity index (χ2n) is 5.48. The summed E-state index contributed by atoms with van der Waals surface area (Å²) in [6.07, 6.45) is 5.78. The third kappa shape index (κ3) is 3.13. The van der Waals surface area contributed by atoms with Crippen LogP contribution in [-0.2, 0) is 19.3 Å². The molecule has 3 rings (SSSR count). The highest BCUT2D eigenvalue weighted by Crippen LogP contribution is 2.26. The molecule has 0 bridgehead atoms. The van der Waals surface area contributed by atoms with Crippen molar-refractivity contribution in [3.63, 3.8) is 0 Å². The molecule has 0 atom stereocenters. The van der Waals surface area contributed by atoms with Crippen LogP contribution in [0.25, 0.3) is 0 Å². The van der Waals surface area contributed by atoms with Crippen molar-refractivity contribution in [1.82, 2.24) is 0 Å². The van der Waals surface area contributed by atoms with E-state index < -0.39 is 0 Å². The molecule has 20 heavy (non-hydrogen) atoms. The van der Waals surface area contributed by atoms with Gasteiger partial charge in [0.1, 0.15) is 5.75 Å². The molecule has 1 aliphatic rings. The van der Waals surface area contributed by atoms with Gasteiger partial charge < -0.3 is 10.5 Å². The molecule has 2 aromatic rings. The highest BCUT2D eigenvalue weighted by Gasteiger charge is 2.10. The van der Waals surface area contributed by atoms with Gasteiger partial charge in [-0.3, -0.25) is 0 Å². The summed E-state index contributed by atoms with van der Waals surface area (Å²) >= 11 is 0. The summed E-state index contributed by atoms with van der Waals surface area (Å²) in [6, 6.07) is 14.6. The van der Waals surface area contributed by atoms with Crippen molar-refractivity contribution < 1.29 is 4.74 Å². The van der Waals surface area contributed by atoms with Gasteiger partial charge in [0.2, 0.25) is 0 Å². The number of hydrogen-bond acceptors (Lipinski definition) is 2. The standard InChI is InChI=1S/C18H21NO/c19-17-9-6-14(7-10-17)3-2-12-20-18-11-8-15-4-1-5-16(15)13-18/h6-11,13H,1-5,12,19H2. The van der Waals surface area contributed by atoms with Crippen molar-refractivity contribution in [2.24, 2.45) is 0 Å². The van der Waals surface area contributed by atoms with Gasteiger partial charge in [0.15, 0.2) is 0 Å².